The third-order valence-corrected chi connectivity index (χ3v) is 7.48. The summed E-state index contributed by atoms with van der Waals surface area (Å²) in [6.07, 6.45) is 3.68. The Morgan fingerprint density at radius 2 is 2.00 bits per heavy atom. The van der Waals surface area contributed by atoms with Gasteiger partial charge in [-0.25, -0.2) is 14.7 Å². The van der Waals surface area contributed by atoms with E-state index in [-0.39, 0.29) is 5.92 Å². The summed E-state index contributed by atoms with van der Waals surface area (Å²) in [6.45, 7) is 0.686. The fourth-order valence-corrected chi connectivity index (χ4v) is 5.21. The lowest BCUT2D eigenvalue weighted by molar-refractivity contribution is -0.117. The van der Waals surface area contributed by atoms with Gasteiger partial charge in [0.15, 0.2) is 0 Å². The summed E-state index contributed by atoms with van der Waals surface area (Å²) < 4.78 is 6.04. The maximum atomic E-state index is 13.3. The number of nitrogens with one attached hydrogen (secondary N) is 3. The van der Waals surface area contributed by atoms with Crippen molar-refractivity contribution in [2.45, 2.75) is 18.9 Å². The largest absolute Gasteiger partial charge is 0.465 e. The van der Waals surface area contributed by atoms with Crippen LogP contribution in [0.2, 0.25) is 5.02 Å². The summed E-state index contributed by atoms with van der Waals surface area (Å²) in [7, 11) is 1.25. The number of hydrogen-bond acceptors (Lipinski definition) is 9. The second-order valence-corrected chi connectivity index (χ2v) is 10.6. The summed E-state index contributed by atoms with van der Waals surface area (Å²) in [4.78, 5) is 50.4. The van der Waals surface area contributed by atoms with Gasteiger partial charge in [-0.05, 0) is 77.2 Å². The molecular weight excluding hydrogens is 606 g/mol. The molecule has 1 saturated heterocycles. The molecule has 3 heterocycles. The third-order valence-electron chi connectivity index (χ3n) is 7.25. The lowest BCUT2D eigenvalue weighted by Crippen LogP contribution is -2.32. The van der Waals surface area contributed by atoms with Crippen molar-refractivity contribution in [1.29, 1.82) is 0 Å². The van der Waals surface area contributed by atoms with Gasteiger partial charge in [0.2, 0.25) is 5.91 Å². The monoisotopic (exact) mass is 633 g/mol. The molecule has 2 aromatic heterocycles. The SMILES string of the molecule is COC(=O)Nc1ccc(-c2cc(C(CC3CCN(C(=O)O)C3)NC(=O)C=Cc3cc(Cl)ccc3-n3cnnn3)n[nH]c2=O)cc1. The molecule has 232 valence electrons. The van der Waals surface area contributed by atoms with E-state index < -0.39 is 29.7 Å². The number of rotatable bonds is 9. The van der Waals surface area contributed by atoms with Crippen molar-refractivity contribution in [3.63, 3.8) is 0 Å². The fourth-order valence-electron chi connectivity index (χ4n) is 5.03. The first-order valence-electron chi connectivity index (χ1n) is 13.7. The number of carboxylic acid groups (broad SMARTS) is 1. The number of amides is 3. The van der Waals surface area contributed by atoms with E-state index >= 15 is 0 Å². The van der Waals surface area contributed by atoms with Gasteiger partial charge in [-0.3, -0.25) is 14.9 Å². The van der Waals surface area contributed by atoms with Crippen molar-refractivity contribution < 1.29 is 24.2 Å². The normalized spacial score (nSPS) is 15.2. The van der Waals surface area contributed by atoms with E-state index in [1.54, 1.807) is 54.6 Å². The van der Waals surface area contributed by atoms with Crippen LogP contribution in [0.4, 0.5) is 15.3 Å². The van der Waals surface area contributed by atoms with Crippen LogP contribution < -0.4 is 16.2 Å². The quantitative estimate of drug-likeness (QED) is 0.198. The molecule has 0 saturated carbocycles. The molecule has 1 fully saturated rings. The minimum Gasteiger partial charge on any atom is -0.465 e. The fraction of sp³-hybridized carbons (Fsp3) is 0.241. The van der Waals surface area contributed by atoms with Gasteiger partial charge in [0.25, 0.3) is 5.56 Å². The van der Waals surface area contributed by atoms with Gasteiger partial charge in [-0.1, -0.05) is 23.7 Å². The average Bonchev–Trinajstić information content (AvgIpc) is 3.74. The summed E-state index contributed by atoms with van der Waals surface area (Å²) in [5.41, 5.74) is 2.44. The van der Waals surface area contributed by atoms with Gasteiger partial charge >= 0.3 is 12.2 Å². The number of aromatic nitrogens is 6. The molecular formula is C29H28ClN9O6. The topological polar surface area (TPSA) is 197 Å². The van der Waals surface area contributed by atoms with Gasteiger partial charge in [-0.2, -0.15) is 9.78 Å². The molecule has 1 aliphatic rings. The van der Waals surface area contributed by atoms with E-state index in [0.29, 0.717) is 64.7 Å². The summed E-state index contributed by atoms with van der Waals surface area (Å²) in [5, 5.41) is 33.3. The number of ether oxygens (including phenoxy) is 1. The third kappa shape index (κ3) is 7.69. The van der Waals surface area contributed by atoms with Gasteiger partial charge in [0.05, 0.1) is 30.1 Å². The lowest BCUT2D eigenvalue weighted by Gasteiger charge is -2.21. The number of carbonyl (C=O) groups excluding carboxylic acids is 2. The Hall–Kier alpha value is -5.57. The molecule has 45 heavy (non-hydrogen) atoms. The molecule has 15 nitrogen and oxygen atoms in total. The average molecular weight is 634 g/mol. The van der Waals surface area contributed by atoms with Crippen LogP contribution in [0, 0.1) is 5.92 Å². The standard InChI is InChI=1S/C29H28ClN9O6/c1-45-28(42)32-21-6-2-18(3-7-21)22-14-24(34-35-27(22)41)23(12-17-10-11-38(15-17)29(43)44)33-26(40)9-4-19-13-20(30)5-8-25(19)39-16-31-36-37-39/h2-9,13-14,16-17,23H,10-12,15H2,1H3,(H,32,42)(H,33,40)(H,35,41)(H,43,44). The zero-order valence-corrected chi connectivity index (χ0v) is 24.6. The second kappa shape index (κ2) is 13.8. The lowest BCUT2D eigenvalue weighted by atomic mass is 9.95. The number of anilines is 1. The van der Waals surface area contributed by atoms with E-state index in [2.05, 4.69) is 41.1 Å². The molecule has 16 heteroatoms. The van der Waals surface area contributed by atoms with Gasteiger partial charge in [0, 0.05) is 35.4 Å². The van der Waals surface area contributed by atoms with E-state index in [0.717, 1.165) is 0 Å². The molecule has 4 N–H and O–H groups in total. The van der Waals surface area contributed by atoms with Crippen LogP contribution in [0.25, 0.3) is 22.9 Å². The van der Waals surface area contributed by atoms with Crippen molar-refractivity contribution in [2.24, 2.45) is 5.92 Å². The zero-order chi connectivity index (χ0) is 31.9. The van der Waals surface area contributed by atoms with Crippen LogP contribution >= 0.6 is 11.6 Å². The number of carbonyl (C=O) groups is 3. The number of hydrogen-bond donors (Lipinski definition) is 4. The predicted octanol–water partition coefficient (Wildman–Crippen LogP) is 3.51. The Morgan fingerprint density at radius 3 is 2.69 bits per heavy atom. The number of halogens is 1. The Morgan fingerprint density at radius 1 is 1.20 bits per heavy atom. The van der Waals surface area contributed by atoms with E-state index in [4.69, 9.17) is 11.6 Å². The highest BCUT2D eigenvalue weighted by molar-refractivity contribution is 6.30. The highest BCUT2D eigenvalue weighted by Gasteiger charge is 2.30. The predicted molar refractivity (Wildman–Crippen MR) is 163 cm³/mol. The smallest absolute Gasteiger partial charge is 0.411 e. The van der Waals surface area contributed by atoms with Crippen LogP contribution in [-0.4, -0.2) is 78.7 Å². The molecule has 2 aromatic carbocycles. The molecule has 3 amide bonds. The number of methoxy groups -OCH3 is 1. The molecule has 5 rings (SSSR count). The first kappa shape index (κ1) is 30.9. The Bertz CT molecular complexity index is 1780. The molecule has 2 unspecified atom stereocenters. The first-order chi connectivity index (χ1) is 21.7. The molecule has 0 radical (unpaired) electrons. The van der Waals surface area contributed by atoms with Crippen LogP contribution in [0.5, 0.6) is 0 Å². The Balaban J connectivity index is 1.41. The maximum Gasteiger partial charge on any atom is 0.411 e. The molecule has 0 spiro atoms. The maximum absolute atomic E-state index is 13.3. The van der Waals surface area contributed by atoms with Gasteiger partial charge in [0.1, 0.15) is 6.33 Å². The van der Waals surface area contributed by atoms with Crippen molar-refractivity contribution in [2.75, 3.05) is 25.5 Å². The van der Waals surface area contributed by atoms with Gasteiger partial charge < -0.3 is 20.1 Å². The van der Waals surface area contributed by atoms with E-state index in [1.165, 1.54) is 29.1 Å². The number of nitrogens with zero attached hydrogens (tertiary/aromatic N) is 6. The Labute approximate surface area is 260 Å². The van der Waals surface area contributed by atoms with Gasteiger partial charge in [-0.15, -0.1) is 5.10 Å². The first-order valence-corrected chi connectivity index (χ1v) is 14.1. The van der Waals surface area contributed by atoms with Crippen molar-refractivity contribution in [3.05, 3.63) is 87.6 Å². The molecule has 0 bridgehead atoms. The van der Waals surface area contributed by atoms with Crippen molar-refractivity contribution >= 4 is 41.5 Å². The number of tetrazole rings is 1. The number of aromatic amines is 1. The summed E-state index contributed by atoms with van der Waals surface area (Å²) in [5.74, 6) is -0.515. The van der Waals surface area contributed by atoms with E-state index in [1.807, 2.05) is 0 Å². The highest BCUT2D eigenvalue weighted by Crippen LogP contribution is 2.29. The molecule has 2 atom stereocenters. The summed E-state index contributed by atoms with van der Waals surface area (Å²) in [6, 6.07) is 12.5. The van der Waals surface area contributed by atoms with Crippen molar-refractivity contribution in [1.82, 2.24) is 40.6 Å². The van der Waals surface area contributed by atoms with Crippen LogP contribution in [0.1, 0.15) is 30.1 Å². The highest BCUT2D eigenvalue weighted by atomic mass is 35.5. The number of H-pyrrole nitrogens is 1. The van der Waals surface area contributed by atoms with Crippen LogP contribution in [0.15, 0.2) is 65.7 Å². The minimum absolute atomic E-state index is 0.0596. The summed E-state index contributed by atoms with van der Waals surface area (Å²) >= 11 is 6.20. The van der Waals surface area contributed by atoms with E-state index in [9.17, 15) is 24.3 Å². The van der Waals surface area contributed by atoms with Crippen LogP contribution in [-0.2, 0) is 9.53 Å². The Kier molecular flexibility index (Phi) is 9.48. The number of likely N-dealkylation sites (tertiary alicyclic amines) is 1. The second-order valence-electron chi connectivity index (χ2n) is 10.2. The van der Waals surface area contributed by atoms with Crippen molar-refractivity contribution in [3.8, 4) is 16.8 Å². The minimum atomic E-state index is -1.00. The molecule has 4 aromatic rings. The molecule has 0 aliphatic carbocycles. The number of benzene rings is 2. The zero-order valence-electron chi connectivity index (χ0n) is 23.9. The van der Waals surface area contributed by atoms with Crippen LogP contribution in [0.3, 0.4) is 0 Å². The molecule has 1 aliphatic heterocycles.